The van der Waals surface area contributed by atoms with Crippen molar-refractivity contribution in [2.45, 2.75) is 216 Å². The molecule has 0 aromatic heterocycles. The van der Waals surface area contributed by atoms with Gasteiger partial charge in [0.05, 0.1) is 32.0 Å². The first-order valence-electron chi connectivity index (χ1n) is 26.1. The summed E-state index contributed by atoms with van der Waals surface area (Å²) in [7, 11) is 0. The quantitative estimate of drug-likeness (QED) is 0.0219. The van der Waals surface area contributed by atoms with Gasteiger partial charge >= 0.3 is 0 Å². The van der Waals surface area contributed by atoms with E-state index < -0.39 is 86.8 Å². The number of nitrogens with one attached hydrogen (secondary N) is 1. The van der Waals surface area contributed by atoms with E-state index in [9.17, 15) is 45.6 Å². The summed E-state index contributed by atoms with van der Waals surface area (Å²) in [5, 5.41) is 86.7. The molecule has 12 atom stereocenters. The lowest BCUT2D eigenvalue weighted by molar-refractivity contribution is -0.359. The zero-order valence-corrected chi connectivity index (χ0v) is 42.2. The highest BCUT2D eigenvalue weighted by molar-refractivity contribution is 5.76. The molecule has 0 bridgehead atoms. The molecule has 0 radical (unpaired) electrons. The predicted octanol–water partition coefficient (Wildman–Crippen LogP) is 7.32. The maximum Gasteiger partial charge on any atom is 0.220 e. The van der Waals surface area contributed by atoms with Crippen LogP contribution in [0.25, 0.3) is 0 Å². The summed E-state index contributed by atoms with van der Waals surface area (Å²) in [5.74, 6) is -0.314. The zero-order valence-electron chi connectivity index (χ0n) is 42.2. The van der Waals surface area contributed by atoms with Crippen molar-refractivity contribution in [3.63, 3.8) is 0 Å². The van der Waals surface area contributed by atoms with Crippen molar-refractivity contribution in [2.24, 2.45) is 0 Å². The van der Waals surface area contributed by atoms with Crippen LogP contribution in [-0.2, 0) is 23.7 Å². The maximum atomic E-state index is 13.2. The summed E-state index contributed by atoms with van der Waals surface area (Å²) in [5.41, 5.74) is 0. The van der Waals surface area contributed by atoms with E-state index in [1.165, 1.54) is 44.9 Å². The lowest BCUT2D eigenvalue weighted by Crippen LogP contribution is -2.65. The van der Waals surface area contributed by atoms with Gasteiger partial charge in [-0.15, -0.1) is 0 Å². The lowest BCUT2D eigenvalue weighted by atomic mass is 9.97. The highest BCUT2D eigenvalue weighted by Gasteiger charge is 2.51. The van der Waals surface area contributed by atoms with E-state index in [4.69, 9.17) is 18.9 Å². The van der Waals surface area contributed by atoms with Crippen molar-refractivity contribution in [1.82, 2.24) is 5.32 Å². The third kappa shape index (κ3) is 27.5. The molecule has 2 fully saturated rings. The smallest absolute Gasteiger partial charge is 0.220 e. The molecule has 0 spiro atoms. The monoisotopic (exact) mass is 986 g/mol. The average Bonchev–Trinajstić information content (AvgIpc) is 3.36. The number of allylic oxidation sites excluding steroid dienone is 17. The van der Waals surface area contributed by atoms with Gasteiger partial charge in [0.2, 0.25) is 5.91 Å². The van der Waals surface area contributed by atoms with Gasteiger partial charge in [0.1, 0.15) is 48.8 Å². The molecule has 14 heteroatoms. The highest BCUT2D eigenvalue weighted by atomic mass is 16.7. The largest absolute Gasteiger partial charge is 0.394 e. The van der Waals surface area contributed by atoms with Gasteiger partial charge in [-0.3, -0.25) is 4.79 Å². The number of aliphatic hydroxyl groups is 8. The van der Waals surface area contributed by atoms with Crippen LogP contribution in [0.1, 0.15) is 142 Å². The fourth-order valence-corrected chi connectivity index (χ4v) is 7.70. The van der Waals surface area contributed by atoms with Crippen molar-refractivity contribution in [3.05, 3.63) is 109 Å². The van der Waals surface area contributed by atoms with E-state index in [1.807, 2.05) is 12.2 Å². The third-order valence-corrected chi connectivity index (χ3v) is 11.9. The highest BCUT2D eigenvalue weighted by Crippen LogP contribution is 2.30. The summed E-state index contributed by atoms with van der Waals surface area (Å²) >= 11 is 0. The lowest BCUT2D eigenvalue weighted by Gasteiger charge is -2.46. The first kappa shape index (κ1) is 62.8. The Balaban J connectivity index is 1.86. The SMILES string of the molecule is CC/C=C\C/C=C\C/C=C\C/C=C\C/C=C\C/C=C\C/C=C\CCCC(=O)NC(COC1OC(CO)C(OC2OC(CO)C(O)C(O)C2O)C(O)C1O)C(O)/C=C/CC/C=C/CCCCCCCCC. The van der Waals surface area contributed by atoms with Crippen molar-refractivity contribution in [1.29, 1.82) is 0 Å². The number of rotatable bonds is 38. The summed E-state index contributed by atoms with van der Waals surface area (Å²) in [6.07, 6.45) is 39.9. The second-order valence-electron chi connectivity index (χ2n) is 17.9. The normalized spacial score (nSPS) is 26.9. The fraction of sp³-hybridized carbons (Fsp3) is 0.661. The van der Waals surface area contributed by atoms with Gasteiger partial charge in [-0.25, -0.2) is 0 Å². The standard InChI is InChI=1S/C56H91NO13/c1-3-5-7-9-11-13-15-17-18-19-20-21-22-23-24-25-26-28-30-32-34-36-38-40-48(61)57-44(45(60)39-37-35-33-31-29-27-16-14-12-10-8-6-4-2)43-67-55-53(66)51(64)54(47(42-59)69-55)70-56-52(65)50(63)49(62)46(41-58)68-56/h5,7,11,13,17-18,20-21,23-24,26,28-29,31-32,34,37,39,44-47,49-56,58-60,62-66H,3-4,6,8-10,12,14-16,19,22,25,27,30,33,35-36,38,40-43H2,1-2H3,(H,57,61)/b7-5-,13-11-,18-17-,21-20-,24-23-,28-26-,31-29+,34-32-,39-37+. The summed E-state index contributed by atoms with van der Waals surface area (Å²) < 4.78 is 22.6. The number of carbonyl (C=O) groups excluding carboxylic acids is 1. The summed E-state index contributed by atoms with van der Waals surface area (Å²) in [6, 6.07) is -0.969. The van der Waals surface area contributed by atoms with Gasteiger partial charge < -0.3 is 65.1 Å². The Morgan fingerprint density at radius 2 is 1.00 bits per heavy atom. The number of amides is 1. The average molecular weight is 986 g/mol. The molecule has 2 heterocycles. The molecule has 14 nitrogen and oxygen atoms in total. The third-order valence-electron chi connectivity index (χ3n) is 11.9. The van der Waals surface area contributed by atoms with Crippen LogP contribution < -0.4 is 5.32 Å². The van der Waals surface area contributed by atoms with Crippen LogP contribution in [0.3, 0.4) is 0 Å². The van der Waals surface area contributed by atoms with Gasteiger partial charge in [0.15, 0.2) is 12.6 Å². The second kappa shape index (κ2) is 41.2. The molecular weight excluding hydrogens is 895 g/mol. The van der Waals surface area contributed by atoms with Gasteiger partial charge in [0, 0.05) is 6.42 Å². The Morgan fingerprint density at radius 3 is 1.57 bits per heavy atom. The van der Waals surface area contributed by atoms with E-state index in [0.717, 1.165) is 57.8 Å². The van der Waals surface area contributed by atoms with Crippen LogP contribution in [0, 0.1) is 0 Å². The molecule has 0 saturated carbocycles. The van der Waals surface area contributed by atoms with Crippen LogP contribution in [0.5, 0.6) is 0 Å². The van der Waals surface area contributed by atoms with Gasteiger partial charge in [-0.05, 0) is 83.5 Å². The number of ether oxygens (including phenoxy) is 4. The molecule has 12 unspecified atom stereocenters. The van der Waals surface area contributed by atoms with E-state index in [0.29, 0.717) is 19.3 Å². The minimum atomic E-state index is -1.80. The predicted molar refractivity (Wildman–Crippen MR) is 276 cm³/mol. The number of unbranched alkanes of at least 4 members (excludes halogenated alkanes) is 9. The number of hydrogen-bond donors (Lipinski definition) is 9. The molecule has 1 amide bonds. The summed E-state index contributed by atoms with van der Waals surface area (Å²) in [4.78, 5) is 13.2. The molecular formula is C56H91NO13. The van der Waals surface area contributed by atoms with E-state index in [1.54, 1.807) is 6.08 Å². The number of hydrogen-bond acceptors (Lipinski definition) is 13. The Hall–Kier alpha value is -3.35. The van der Waals surface area contributed by atoms with Crippen molar-refractivity contribution < 1.29 is 64.6 Å². The Morgan fingerprint density at radius 1 is 0.529 bits per heavy atom. The fourth-order valence-electron chi connectivity index (χ4n) is 7.70. The van der Waals surface area contributed by atoms with E-state index in [-0.39, 0.29) is 18.9 Å². The second-order valence-corrected chi connectivity index (χ2v) is 17.9. The van der Waals surface area contributed by atoms with Crippen LogP contribution >= 0.6 is 0 Å². The van der Waals surface area contributed by atoms with Gasteiger partial charge in [0.25, 0.3) is 0 Å². The molecule has 2 aliphatic heterocycles. The minimum absolute atomic E-state index is 0.186. The molecule has 0 aromatic carbocycles. The van der Waals surface area contributed by atoms with Crippen LogP contribution in [0.2, 0.25) is 0 Å². The van der Waals surface area contributed by atoms with Crippen molar-refractivity contribution >= 4 is 5.91 Å². The summed E-state index contributed by atoms with van der Waals surface area (Å²) in [6.45, 7) is 2.57. The Kier molecular flexibility index (Phi) is 36.9. The molecule has 9 N–H and O–H groups in total. The van der Waals surface area contributed by atoms with E-state index in [2.05, 4.69) is 110 Å². The molecule has 0 aliphatic carbocycles. The zero-order chi connectivity index (χ0) is 51.0. The number of carbonyl (C=O) groups is 1. The van der Waals surface area contributed by atoms with Crippen LogP contribution in [-0.4, -0.2) is 140 Å². The molecule has 2 aliphatic rings. The minimum Gasteiger partial charge on any atom is -0.394 e. The molecule has 2 rings (SSSR count). The van der Waals surface area contributed by atoms with Gasteiger partial charge in [-0.1, -0.05) is 162 Å². The Labute approximate surface area is 419 Å². The topological polar surface area (TPSA) is 228 Å². The Bertz CT molecular complexity index is 1590. The molecule has 0 aromatic rings. The molecule has 70 heavy (non-hydrogen) atoms. The van der Waals surface area contributed by atoms with Crippen molar-refractivity contribution in [2.75, 3.05) is 19.8 Å². The van der Waals surface area contributed by atoms with Crippen LogP contribution in [0.15, 0.2) is 109 Å². The van der Waals surface area contributed by atoms with Gasteiger partial charge in [-0.2, -0.15) is 0 Å². The maximum absolute atomic E-state index is 13.2. The number of aliphatic hydroxyl groups excluding tert-OH is 8. The van der Waals surface area contributed by atoms with E-state index >= 15 is 0 Å². The van der Waals surface area contributed by atoms with Crippen LogP contribution in [0.4, 0.5) is 0 Å². The molecule has 2 saturated heterocycles. The van der Waals surface area contributed by atoms with Crippen molar-refractivity contribution in [3.8, 4) is 0 Å². The first-order valence-corrected chi connectivity index (χ1v) is 26.1. The molecule has 398 valence electrons. The first-order chi connectivity index (χ1) is 34.1.